The van der Waals surface area contributed by atoms with E-state index in [2.05, 4.69) is 11.8 Å². The van der Waals surface area contributed by atoms with Gasteiger partial charge in [-0.15, -0.1) is 11.3 Å². The Morgan fingerprint density at radius 1 is 1.60 bits per heavy atom. The number of thiophene rings is 1. The maximum atomic E-state index is 11.3. The van der Waals surface area contributed by atoms with Crippen LogP contribution in [-0.4, -0.2) is 22.6 Å². The third-order valence-corrected chi connectivity index (χ3v) is 5.16. The molecule has 112 valence electrons. The minimum atomic E-state index is -0.651. The number of piperidine rings is 1. The highest BCUT2D eigenvalue weighted by Gasteiger charge is 2.30. The fraction of sp³-hybridized carbons (Fsp3) is 0.714. The van der Waals surface area contributed by atoms with Crippen LogP contribution in [0.4, 0.5) is 10.7 Å². The van der Waals surface area contributed by atoms with Gasteiger partial charge < -0.3 is 10.0 Å². The molecule has 0 amide bonds. The first-order valence-electron chi connectivity index (χ1n) is 7.27. The van der Waals surface area contributed by atoms with Crippen molar-refractivity contribution < 1.29 is 10.0 Å². The van der Waals surface area contributed by atoms with Crippen LogP contribution in [0.5, 0.6) is 0 Å². The summed E-state index contributed by atoms with van der Waals surface area (Å²) in [6, 6.07) is 1.93. The number of aliphatic hydroxyl groups is 1. The van der Waals surface area contributed by atoms with Crippen molar-refractivity contribution in [2.45, 2.75) is 58.1 Å². The standard InChI is InChI=1S/C14H22N2O3S/c1-3-6-11-7-4-5-8-15(11)14-12(16(18)19)9-13(20-14)10(2)17/h9-11,17H,3-8H2,1-2H3/t10-,11?/m0/s1. The molecule has 1 N–H and O–H groups in total. The van der Waals surface area contributed by atoms with Crippen LogP contribution in [0.15, 0.2) is 6.07 Å². The molecule has 0 aromatic carbocycles. The van der Waals surface area contributed by atoms with Gasteiger partial charge in [-0.25, -0.2) is 0 Å². The maximum absolute atomic E-state index is 11.3. The molecule has 1 saturated heterocycles. The highest BCUT2D eigenvalue weighted by atomic mass is 32.1. The van der Waals surface area contributed by atoms with Crippen LogP contribution in [0.25, 0.3) is 0 Å². The topological polar surface area (TPSA) is 66.6 Å². The van der Waals surface area contributed by atoms with Gasteiger partial charge in [0.15, 0.2) is 5.00 Å². The highest BCUT2D eigenvalue weighted by Crippen LogP contribution is 2.42. The minimum absolute atomic E-state index is 0.147. The molecular weight excluding hydrogens is 276 g/mol. The Hall–Kier alpha value is -1.14. The lowest BCUT2D eigenvalue weighted by Crippen LogP contribution is -2.39. The number of hydrogen-bond acceptors (Lipinski definition) is 5. The van der Waals surface area contributed by atoms with Gasteiger partial charge in [-0.2, -0.15) is 0 Å². The van der Waals surface area contributed by atoms with Crippen LogP contribution in [0.1, 0.15) is 56.9 Å². The fourth-order valence-corrected chi connectivity index (χ4v) is 3.99. The molecular formula is C14H22N2O3S. The van der Waals surface area contributed by atoms with Gasteiger partial charge >= 0.3 is 5.69 Å². The number of anilines is 1. The van der Waals surface area contributed by atoms with Gasteiger partial charge in [0.05, 0.1) is 11.0 Å². The SMILES string of the molecule is CCCC1CCCCN1c1sc([C@H](C)O)cc1[N+](=O)[O-]. The smallest absolute Gasteiger partial charge is 0.304 e. The molecule has 20 heavy (non-hydrogen) atoms. The zero-order valence-corrected chi connectivity index (χ0v) is 12.9. The molecule has 0 radical (unpaired) electrons. The van der Waals surface area contributed by atoms with E-state index < -0.39 is 6.10 Å². The highest BCUT2D eigenvalue weighted by molar-refractivity contribution is 7.16. The molecule has 0 saturated carbocycles. The second-order valence-corrected chi connectivity index (χ2v) is 6.47. The van der Waals surface area contributed by atoms with E-state index in [1.54, 1.807) is 6.92 Å². The lowest BCUT2D eigenvalue weighted by Gasteiger charge is -2.36. The van der Waals surface area contributed by atoms with Crippen LogP contribution < -0.4 is 4.90 Å². The molecule has 1 aliphatic rings. The average Bonchev–Trinajstić information content (AvgIpc) is 2.85. The number of aliphatic hydroxyl groups excluding tert-OH is 1. The first-order chi connectivity index (χ1) is 9.54. The Morgan fingerprint density at radius 3 is 2.95 bits per heavy atom. The lowest BCUT2D eigenvalue weighted by atomic mass is 9.98. The number of nitrogens with zero attached hydrogens (tertiary/aromatic N) is 2. The Kier molecular flexibility index (Phi) is 4.99. The zero-order valence-electron chi connectivity index (χ0n) is 12.0. The van der Waals surface area contributed by atoms with Crippen LogP contribution in [0.3, 0.4) is 0 Å². The van der Waals surface area contributed by atoms with Crippen LogP contribution in [0, 0.1) is 10.1 Å². The lowest BCUT2D eigenvalue weighted by molar-refractivity contribution is -0.383. The molecule has 1 unspecified atom stereocenters. The molecule has 5 nitrogen and oxygen atoms in total. The summed E-state index contributed by atoms with van der Waals surface area (Å²) < 4.78 is 0. The Balaban J connectivity index is 2.35. The molecule has 0 spiro atoms. The summed E-state index contributed by atoms with van der Waals surface area (Å²) in [7, 11) is 0. The Morgan fingerprint density at radius 2 is 2.35 bits per heavy atom. The normalized spacial score (nSPS) is 20.9. The van der Waals surface area contributed by atoms with Crippen molar-refractivity contribution in [1.82, 2.24) is 0 Å². The first-order valence-corrected chi connectivity index (χ1v) is 8.09. The third-order valence-electron chi connectivity index (χ3n) is 3.83. The van der Waals surface area contributed by atoms with Gasteiger partial charge in [-0.1, -0.05) is 13.3 Å². The number of nitro groups is 1. The second-order valence-electron chi connectivity index (χ2n) is 5.40. The van der Waals surface area contributed by atoms with Gasteiger partial charge in [0.25, 0.3) is 0 Å². The molecule has 1 aliphatic heterocycles. The largest absolute Gasteiger partial charge is 0.388 e. The van der Waals surface area contributed by atoms with Crippen molar-refractivity contribution in [2.75, 3.05) is 11.4 Å². The monoisotopic (exact) mass is 298 g/mol. The molecule has 6 heteroatoms. The van der Waals surface area contributed by atoms with E-state index in [0.29, 0.717) is 10.9 Å². The van der Waals surface area contributed by atoms with E-state index in [9.17, 15) is 15.2 Å². The summed E-state index contributed by atoms with van der Waals surface area (Å²) in [4.78, 5) is 13.8. The number of rotatable bonds is 5. The molecule has 1 aromatic rings. The van der Waals surface area contributed by atoms with Crippen molar-refractivity contribution in [2.24, 2.45) is 0 Å². The Bertz CT molecular complexity index is 471. The van der Waals surface area contributed by atoms with Crippen molar-refractivity contribution in [3.63, 3.8) is 0 Å². The van der Waals surface area contributed by atoms with E-state index in [-0.39, 0.29) is 10.6 Å². The summed E-state index contributed by atoms with van der Waals surface area (Å²) in [6.45, 7) is 4.68. The molecule has 1 aromatic heterocycles. The fourth-order valence-electron chi connectivity index (χ4n) is 2.83. The van der Waals surface area contributed by atoms with E-state index in [0.717, 1.165) is 37.2 Å². The zero-order chi connectivity index (χ0) is 14.7. The molecule has 1 fully saturated rings. The molecule has 2 heterocycles. The molecule has 0 aliphatic carbocycles. The Labute approximate surface area is 123 Å². The first kappa shape index (κ1) is 15.3. The van der Waals surface area contributed by atoms with Gasteiger partial charge in [0, 0.05) is 23.5 Å². The van der Waals surface area contributed by atoms with Crippen molar-refractivity contribution >= 4 is 22.0 Å². The molecule has 2 rings (SSSR count). The predicted octanol–water partition coefficient (Wildman–Crippen LogP) is 3.87. The van der Waals surface area contributed by atoms with Crippen LogP contribution >= 0.6 is 11.3 Å². The summed E-state index contributed by atoms with van der Waals surface area (Å²) in [5, 5.41) is 21.7. The summed E-state index contributed by atoms with van der Waals surface area (Å²) in [6.07, 6.45) is 4.89. The maximum Gasteiger partial charge on any atom is 0.304 e. The minimum Gasteiger partial charge on any atom is -0.388 e. The van der Waals surface area contributed by atoms with Crippen molar-refractivity contribution in [1.29, 1.82) is 0 Å². The van der Waals surface area contributed by atoms with Crippen LogP contribution in [0.2, 0.25) is 0 Å². The molecule has 0 bridgehead atoms. The number of hydrogen-bond donors (Lipinski definition) is 1. The van der Waals surface area contributed by atoms with E-state index >= 15 is 0 Å². The molecule has 2 atom stereocenters. The third kappa shape index (κ3) is 3.12. The predicted molar refractivity (Wildman–Crippen MR) is 81.5 cm³/mol. The van der Waals surface area contributed by atoms with Gasteiger partial charge in [0.1, 0.15) is 0 Å². The second kappa shape index (κ2) is 6.54. The van der Waals surface area contributed by atoms with E-state index in [1.165, 1.54) is 23.8 Å². The van der Waals surface area contributed by atoms with Crippen molar-refractivity contribution in [3.8, 4) is 0 Å². The average molecular weight is 298 g/mol. The summed E-state index contributed by atoms with van der Waals surface area (Å²) in [5.74, 6) is 0. The summed E-state index contributed by atoms with van der Waals surface area (Å²) >= 11 is 1.37. The van der Waals surface area contributed by atoms with Crippen LogP contribution in [-0.2, 0) is 0 Å². The van der Waals surface area contributed by atoms with Gasteiger partial charge in [-0.05, 0) is 32.6 Å². The van der Waals surface area contributed by atoms with Crippen molar-refractivity contribution in [3.05, 3.63) is 21.1 Å². The van der Waals surface area contributed by atoms with E-state index in [4.69, 9.17) is 0 Å². The summed E-state index contributed by atoms with van der Waals surface area (Å²) in [5.41, 5.74) is 0.147. The van der Waals surface area contributed by atoms with Gasteiger partial charge in [0.2, 0.25) is 0 Å². The quantitative estimate of drug-likeness (QED) is 0.662. The van der Waals surface area contributed by atoms with E-state index in [1.807, 2.05) is 0 Å². The van der Waals surface area contributed by atoms with Gasteiger partial charge in [-0.3, -0.25) is 10.1 Å².